The summed E-state index contributed by atoms with van der Waals surface area (Å²) in [4.78, 5) is 24.3. The van der Waals surface area contributed by atoms with Gasteiger partial charge in [0.25, 0.3) is 5.56 Å². The van der Waals surface area contributed by atoms with Gasteiger partial charge in [0.2, 0.25) is 0 Å². The molecule has 0 spiro atoms. The molecule has 0 aliphatic heterocycles. The number of rotatable bonds is 3. The molecule has 1 heterocycles. The van der Waals surface area contributed by atoms with Gasteiger partial charge in [-0.2, -0.15) is 0 Å². The molecule has 0 aromatic carbocycles. The number of nitrogens with zero attached hydrogens (tertiary/aromatic N) is 2. The van der Waals surface area contributed by atoms with Gasteiger partial charge in [0.1, 0.15) is 5.60 Å². The van der Waals surface area contributed by atoms with Gasteiger partial charge in [0, 0.05) is 17.2 Å². The van der Waals surface area contributed by atoms with E-state index in [0.29, 0.717) is 11.5 Å². The lowest BCUT2D eigenvalue weighted by molar-refractivity contribution is 0.0230. The van der Waals surface area contributed by atoms with E-state index in [2.05, 4.69) is 0 Å². The van der Waals surface area contributed by atoms with Crippen LogP contribution in [0.25, 0.3) is 0 Å². The highest BCUT2D eigenvalue weighted by molar-refractivity contribution is 5.67. The average molecular weight is 308 g/mol. The summed E-state index contributed by atoms with van der Waals surface area (Å²) >= 11 is 0. The Morgan fingerprint density at radius 3 is 2.55 bits per heavy atom. The Kier molecular flexibility index (Phi) is 4.19. The van der Waals surface area contributed by atoms with Crippen LogP contribution in [0, 0.1) is 6.92 Å². The smallest absolute Gasteiger partial charge is 0.424 e. The van der Waals surface area contributed by atoms with E-state index >= 15 is 0 Å². The zero-order chi connectivity index (χ0) is 16.7. The fourth-order valence-electron chi connectivity index (χ4n) is 2.25. The molecule has 1 aromatic heterocycles. The van der Waals surface area contributed by atoms with E-state index in [0.717, 1.165) is 29.1 Å². The largest absolute Gasteiger partial charge is 0.443 e. The van der Waals surface area contributed by atoms with Crippen LogP contribution in [-0.4, -0.2) is 21.4 Å². The number of hydrazine groups is 1. The van der Waals surface area contributed by atoms with E-state index in [1.54, 1.807) is 20.8 Å². The first-order valence-corrected chi connectivity index (χ1v) is 7.36. The van der Waals surface area contributed by atoms with Gasteiger partial charge in [0.15, 0.2) is 0 Å². The predicted molar refractivity (Wildman–Crippen MR) is 83.5 cm³/mol. The van der Waals surface area contributed by atoms with Gasteiger partial charge in [-0.25, -0.2) is 20.3 Å². The first kappa shape index (κ1) is 16.4. The third-order valence-electron chi connectivity index (χ3n) is 3.55. The molecule has 0 atom stereocenters. The lowest BCUT2D eigenvalue weighted by Gasteiger charge is -2.24. The zero-order valence-corrected chi connectivity index (χ0v) is 13.5. The number of ether oxygens (including phenoxy) is 1. The Balaban J connectivity index is 2.21. The molecule has 1 amide bonds. The fraction of sp³-hybridized carbons (Fsp3) is 0.600. The first-order valence-electron chi connectivity index (χ1n) is 7.36. The topological polar surface area (TPSA) is 104 Å². The van der Waals surface area contributed by atoms with Crippen LogP contribution in [0.3, 0.4) is 0 Å². The van der Waals surface area contributed by atoms with E-state index in [1.807, 2.05) is 13.0 Å². The lowest BCUT2D eigenvalue weighted by Crippen LogP contribution is -2.43. The summed E-state index contributed by atoms with van der Waals surface area (Å²) in [6, 6.07) is 1.90. The van der Waals surface area contributed by atoms with Crippen molar-refractivity contribution in [2.45, 2.75) is 58.6 Å². The van der Waals surface area contributed by atoms with Crippen molar-refractivity contribution in [1.82, 2.24) is 9.69 Å². The van der Waals surface area contributed by atoms with Gasteiger partial charge in [-0.3, -0.25) is 4.79 Å². The molecule has 22 heavy (non-hydrogen) atoms. The Morgan fingerprint density at radius 1 is 1.45 bits per heavy atom. The number of pyridine rings is 1. The number of nitrogen functional groups attached to an aromatic ring is 1. The van der Waals surface area contributed by atoms with Crippen molar-refractivity contribution < 1.29 is 9.53 Å². The molecule has 0 saturated heterocycles. The van der Waals surface area contributed by atoms with Crippen molar-refractivity contribution in [2.24, 2.45) is 5.84 Å². The summed E-state index contributed by atoms with van der Waals surface area (Å²) in [5, 5.41) is 0.895. The molecule has 1 aliphatic rings. The van der Waals surface area contributed by atoms with Gasteiger partial charge >= 0.3 is 6.09 Å². The second-order valence-electron chi connectivity index (χ2n) is 6.79. The Bertz CT molecular complexity index is 641. The highest BCUT2D eigenvalue weighted by Gasteiger charge is 2.28. The lowest BCUT2D eigenvalue weighted by atomic mass is 10.1. The third-order valence-corrected chi connectivity index (χ3v) is 3.55. The van der Waals surface area contributed by atoms with Gasteiger partial charge in [-0.15, -0.1) is 0 Å². The van der Waals surface area contributed by atoms with Crippen molar-refractivity contribution >= 4 is 6.09 Å². The van der Waals surface area contributed by atoms with Gasteiger partial charge in [-0.05, 0) is 52.2 Å². The average Bonchev–Trinajstić information content (AvgIpc) is 3.21. The molecule has 1 saturated carbocycles. The van der Waals surface area contributed by atoms with E-state index < -0.39 is 11.7 Å². The molecule has 1 aliphatic carbocycles. The van der Waals surface area contributed by atoms with Crippen molar-refractivity contribution in [3.05, 3.63) is 33.2 Å². The molecule has 4 N–H and O–H groups in total. The number of aromatic nitrogens is 1. The zero-order valence-electron chi connectivity index (χ0n) is 13.5. The Morgan fingerprint density at radius 2 is 2.05 bits per heavy atom. The molecule has 0 unspecified atom stereocenters. The quantitative estimate of drug-likeness (QED) is 0.498. The second kappa shape index (κ2) is 5.64. The molecule has 1 aromatic rings. The number of carbonyl (C=O) groups is 1. The summed E-state index contributed by atoms with van der Waals surface area (Å²) in [5.41, 5.74) is 1.06. The number of aryl methyl sites for hydroxylation is 1. The van der Waals surface area contributed by atoms with E-state index in [4.69, 9.17) is 16.4 Å². The first-order chi connectivity index (χ1) is 10.1. The van der Waals surface area contributed by atoms with Gasteiger partial charge in [-0.1, -0.05) is 0 Å². The molecule has 0 radical (unpaired) electrons. The highest BCUT2D eigenvalue weighted by atomic mass is 16.6. The van der Waals surface area contributed by atoms with Crippen molar-refractivity contribution in [3.8, 4) is 0 Å². The molecule has 7 nitrogen and oxygen atoms in total. The molecule has 2 rings (SSSR count). The minimum atomic E-state index is -0.679. The van der Waals surface area contributed by atoms with Crippen molar-refractivity contribution in [3.63, 3.8) is 0 Å². The second-order valence-corrected chi connectivity index (χ2v) is 6.79. The van der Waals surface area contributed by atoms with Crippen LogP contribution in [0.4, 0.5) is 4.79 Å². The minimum Gasteiger partial charge on any atom is -0.443 e. The third kappa shape index (κ3) is 3.59. The molecular weight excluding hydrogens is 284 g/mol. The standard InChI is InChI=1S/C15H24N4O3/c1-9-7-12(10-5-6-10)19(17)13(20)11(9)8-18(16)14(21)22-15(2,3)4/h7,10H,5-6,8,16-17H2,1-4H3. The fourth-order valence-corrected chi connectivity index (χ4v) is 2.25. The van der Waals surface area contributed by atoms with Crippen LogP contribution in [0.15, 0.2) is 10.9 Å². The van der Waals surface area contributed by atoms with Crippen molar-refractivity contribution in [2.75, 3.05) is 5.84 Å². The summed E-state index contributed by atoms with van der Waals surface area (Å²) in [6.07, 6.45) is 1.42. The van der Waals surface area contributed by atoms with Crippen LogP contribution in [0.5, 0.6) is 0 Å². The molecule has 7 heteroatoms. The van der Waals surface area contributed by atoms with E-state index in [1.165, 1.54) is 4.68 Å². The number of hydrogen-bond acceptors (Lipinski definition) is 5. The summed E-state index contributed by atoms with van der Waals surface area (Å²) in [5.74, 6) is 12.0. The minimum absolute atomic E-state index is 0.0400. The summed E-state index contributed by atoms with van der Waals surface area (Å²) < 4.78 is 6.35. The maximum atomic E-state index is 12.4. The maximum Gasteiger partial charge on any atom is 0.424 e. The summed E-state index contributed by atoms with van der Waals surface area (Å²) in [6.45, 7) is 7.04. The van der Waals surface area contributed by atoms with Crippen LogP contribution in [0.1, 0.15) is 56.4 Å². The summed E-state index contributed by atoms with van der Waals surface area (Å²) in [7, 11) is 0. The van der Waals surface area contributed by atoms with E-state index in [9.17, 15) is 9.59 Å². The molecule has 1 fully saturated rings. The monoisotopic (exact) mass is 308 g/mol. The molecule has 0 bridgehead atoms. The number of amides is 1. The van der Waals surface area contributed by atoms with Gasteiger partial charge in [0.05, 0.1) is 6.54 Å². The van der Waals surface area contributed by atoms with Gasteiger partial charge < -0.3 is 10.6 Å². The number of hydrogen-bond donors (Lipinski definition) is 2. The van der Waals surface area contributed by atoms with E-state index in [-0.39, 0.29) is 12.1 Å². The maximum absolute atomic E-state index is 12.4. The van der Waals surface area contributed by atoms with Crippen molar-refractivity contribution in [1.29, 1.82) is 0 Å². The highest BCUT2D eigenvalue weighted by Crippen LogP contribution is 2.39. The SMILES string of the molecule is Cc1cc(C2CC2)n(N)c(=O)c1CN(N)C(=O)OC(C)(C)C. The van der Waals surface area contributed by atoms with Crippen LogP contribution in [0.2, 0.25) is 0 Å². The normalized spacial score (nSPS) is 14.8. The predicted octanol–water partition coefficient (Wildman–Crippen LogP) is 1.36. The molecule has 122 valence electrons. The number of carbonyl (C=O) groups excluding carboxylic acids is 1. The Labute approximate surface area is 129 Å². The Hall–Kier alpha value is -2.02. The molecular formula is C15H24N4O3. The number of nitrogens with two attached hydrogens (primary N) is 2. The van der Waals surface area contributed by atoms with Crippen LogP contribution < -0.4 is 17.2 Å². The van der Waals surface area contributed by atoms with Crippen LogP contribution >= 0.6 is 0 Å². The van der Waals surface area contributed by atoms with Crippen LogP contribution in [-0.2, 0) is 11.3 Å².